The van der Waals surface area contributed by atoms with E-state index in [1.54, 1.807) is 0 Å². The molecule has 0 saturated heterocycles. The van der Waals surface area contributed by atoms with Crippen molar-refractivity contribution in [2.24, 2.45) is 0 Å². The third-order valence-corrected chi connectivity index (χ3v) is 1.07. The summed E-state index contributed by atoms with van der Waals surface area (Å²) in [6.45, 7) is 3.77. The Bertz CT molecular complexity index is 107. The first-order valence-electron chi connectivity index (χ1n) is 2.58. The third-order valence-electron chi connectivity index (χ3n) is 1.07. The van der Waals surface area contributed by atoms with Gasteiger partial charge in [-0.1, -0.05) is 23.8 Å². The zero-order valence-corrected chi connectivity index (χ0v) is 4.35. The number of rotatable bonds is 0. The normalized spacial score (nSPS) is 19.3. The van der Waals surface area contributed by atoms with Gasteiger partial charge in [0.25, 0.3) is 0 Å². The maximum Gasteiger partial charge on any atom is -0.0242 e. The third kappa shape index (κ3) is 1.19. The van der Waals surface area contributed by atoms with E-state index >= 15 is 0 Å². The van der Waals surface area contributed by atoms with E-state index < -0.39 is 0 Å². The van der Waals surface area contributed by atoms with E-state index in [4.69, 9.17) is 0 Å². The predicted molar refractivity (Wildman–Crippen MR) is 31.8 cm³/mol. The summed E-state index contributed by atoms with van der Waals surface area (Å²) in [5.41, 5.74) is 1.16. The van der Waals surface area contributed by atoms with Gasteiger partial charge in [0.2, 0.25) is 0 Å². The summed E-state index contributed by atoms with van der Waals surface area (Å²) in [7, 11) is 0. The molecule has 37 valence electrons. The minimum Gasteiger partial charge on any atom is -0.0840 e. The first-order chi connectivity index (χ1) is 3.39. The van der Waals surface area contributed by atoms with Gasteiger partial charge in [-0.05, 0) is 19.8 Å². The molecular formula is C7H9. The highest BCUT2D eigenvalue weighted by molar-refractivity contribution is 5.24. The van der Waals surface area contributed by atoms with E-state index in [9.17, 15) is 0 Å². The van der Waals surface area contributed by atoms with Crippen molar-refractivity contribution in [2.45, 2.75) is 12.8 Å². The Morgan fingerprint density at radius 2 is 2.29 bits per heavy atom. The van der Waals surface area contributed by atoms with Crippen LogP contribution in [0.1, 0.15) is 12.8 Å². The lowest BCUT2D eigenvalue weighted by molar-refractivity contribution is 1.02. The van der Waals surface area contributed by atoms with E-state index in [1.165, 1.54) is 12.8 Å². The van der Waals surface area contributed by atoms with Crippen molar-refractivity contribution in [1.29, 1.82) is 0 Å². The molecule has 1 aliphatic rings. The molecular weight excluding hydrogens is 84.1 g/mol. The monoisotopic (exact) mass is 93.1 g/mol. The van der Waals surface area contributed by atoms with Crippen LogP contribution >= 0.6 is 0 Å². The van der Waals surface area contributed by atoms with Gasteiger partial charge in [-0.3, -0.25) is 0 Å². The fraction of sp³-hybridized carbons (Fsp3) is 0.286. The molecule has 1 rings (SSSR count). The molecule has 0 heteroatoms. The number of hydrogen-bond acceptors (Lipinski definition) is 0. The summed E-state index contributed by atoms with van der Waals surface area (Å²) in [6, 6.07) is 0. The molecule has 0 bridgehead atoms. The summed E-state index contributed by atoms with van der Waals surface area (Å²) in [5.74, 6) is 0. The quantitative estimate of drug-likeness (QED) is 0.430. The molecule has 1 radical (unpaired) electrons. The Labute approximate surface area is 44.5 Å². The van der Waals surface area contributed by atoms with Gasteiger partial charge in [0, 0.05) is 0 Å². The Morgan fingerprint density at radius 3 is 2.57 bits per heavy atom. The van der Waals surface area contributed by atoms with Gasteiger partial charge in [-0.25, -0.2) is 0 Å². The van der Waals surface area contributed by atoms with Crippen LogP contribution in [0.2, 0.25) is 0 Å². The average molecular weight is 93.1 g/mol. The molecule has 0 saturated carbocycles. The maximum absolute atomic E-state index is 3.77. The van der Waals surface area contributed by atoms with Gasteiger partial charge < -0.3 is 0 Å². The van der Waals surface area contributed by atoms with Gasteiger partial charge in [0.1, 0.15) is 0 Å². The van der Waals surface area contributed by atoms with Crippen molar-refractivity contribution in [1.82, 2.24) is 0 Å². The Hall–Kier alpha value is -0.520. The lowest BCUT2D eigenvalue weighted by atomic mass is 10.1. The highest BCUT2D eigenvalue weighted by Crippen LogP contribution is 2.06. The molecule has 0 spiro atoms. The van der Waals surface area contributed by atoms with Crippen LogP contribution in [0.5, 0.6) is 0 Å². The molecule has 0 nitrogen and oxygen atoms in total. The lowest BCUT2D eigenvalue weighted by Crippen LogP contribution is -1.76. The summed E-state index contributed by atoms with van der Waals surface area (Å²) in [4.78, 5) is 0. The maximum atomic E-state index is 3.77. The van der Waals surface area contributed by atoms with Gasteiger partial charge in [0.05, 0.1) is 0 Å². The predicted octanol–water partition coefficient (Wildman–Crippen LogP) is 2.10. The average Bonchev–Trinajstić information content (AvgIpc) is 1.69. The fourth-order valence-corrected chi connectivity index (χ4v) is 0.668. The van der Waals surface area contributed by atoms with Crippen LogP contribution in [0.3, 0.4) is 0 Å². The molecule has 1 aliphatic carbocycles. The molecule has 0 amide bonds. The zero-order valence-electron chi connectivity index (χ0n) is 4.35. The van der Waals surface area contributed by atoms with Gasteiger partial charge in [0.15, 0.2) is 0 Å². The molecule has 0 aromatic heterocycles. The molecule has 0 heterocycles. The van der Waals surface area contributed by atoms with Crippen molar-refractivity contribution in [3.8, 4) is 0 Å². The Morgan fingerprint density at radius 1 is 1.43 bits per heavy atom. The minimum atomic E-state index is 1.16. The van der Waals surface area contributed by atoms with Gasteiger partial charge >= 0.3 is 0 Å². The van der Waals surface area contributed by atoms with E-state index in [0.717, 1.165) is 5.57 Å². The molecule has 0 atom stereocenters. The number of hydrogen-bond donors (Lipinski definition) is 0. The first-order valence-corrected chi connectivity index (χ1v) is 2.58. The standard InChI is InChI=1S/C7H9/c1-7-5-3-2-4-6-7/h3,5-6H,1-2,4H2. The van der Waals surface area contributed by atoms with Crippen molar-refractivity contribution < 1.29 is 0 Å². The van der Waals surface area contributed by atoms with E-state index in [0.29, 0.717) is 0 Å². The highest BCUT2D eigenvalue weighted by Gasteiger charge is 1.86. The highest BCUT2D eigenvalue weighted by atomic mass is 13.9. The second-order valence-corrected chi connectivity index (χ2v) is 1.76. The van der Waals surface area contributed by atoms with E-state index in [1.807, 2.05) is 0 Å². The molecule has 0 aromatic carbocycles. The van der Waals surface area contributed by atoms with Crippen LogP contribution in [-0.4, -0.2) is 0 Å². The van der Waals surface area contributed by atoms with Crippen molar-refractivity contribution in [3.63, 3.8) is 0 Å². The first kappa shape index (κ1) is 4.63. The molecule has 0 fully saturated rings. The summed E-state index contributed by atoms with van der Waals surface area (Å²) in [5, 5.41) is 0. The molecule has 0 N–H and O–H groups in total. The smallest absolute Gasteiger partial charge is 0.0242 e. The van der Waals surface area contributed by atoms with Gasteiger partial charge in [-0.2, -0.15) is 0 Å². The summed E-state index contributed by atoms with van der Waals surface area (Å²) in [6.07, 6.45) is 8.74. The van der Waals surface area contributed by atoms with Crippen LogP contribution in [0, 0.1) is 6.92 Å². The van der Waals surface area contributed by atoms with Crippen molar-refractivity contribution in [3.05, 3.63) is 30.7 Å². The fourth-order valence-electron chi connectivity index (χ4n) is 0.668. The SMILES string of the molecule is [CH2]C1=CCCC=C1. The molecule has 0 unspecified atom stereocenters. The van der Waals surface area contributed by atoms with Crippen LogP contribution in [0.15, 0.2) is 23.8 Å². The molecule has 0 aliphatic heterocycles. The van der Waals surface area contributed by atoms with Gasteiger partial charge in [-0.15, -0.1) is 0 Å². The second kappa shape index (κ2) is 1.97. The van der Waals surface area contributed by atoms with Crippen LogP contribution in [-0.2, 0) is 0 Å². The van der Waals surface area contributed by atoms with Crippen LogP contribution in [0.4, 0.5) is 0 Å². The Balaban J connectivity index is 2.58. The second-order valence-electron chi connectivity index (χ2n) is 1.76. The largest absolute Gasteiger partial charge is 0.0840 e. The summed E-state index contributed by atoms with van der Waals surface area (Å²) >= 11 is 0. The zero-order chi connectivity index (χ0) is 5.11. The van der Waals surface area contributed by atoms with Crippen LogP contribution in [0.25, 0.3) is 0 Å². The van der Waals surface area contributed by atoms with Crippen LogP contribution < -0.4 is 0 Å². The van der Waals surface area contributed by atoms with Crippen molar-refractivity contribution >= 4 is 0 Å². The summed E-state index contributed by atoms with van der Waals surface area (Å²) < 4.78 is 0. The topological polar surface area (TPSA) is 0 Å². The molecule has 7 heavy (non-hydrogen) atoms. The molecule has 0 aromatic rings. The minimum absolute atomic E-state index is 1.16. The number of allylic oxidation sites excluding steroid dienone is 4. The Kier molecular flexibility index (Phi) is 1.30. The van der Waals surface area contributed by atoms with Crippen molar-refractivity contribution in [2.75, 3.05) is 0 Å². The lowest BCUT2D eigenvalue weighted by Gasteiger charge is -1.96. The van der Waals surface area contributed by atoms with E-state index in [2.05, 4.69) is 25.2 Å². The van der Waals surface area contributed by atoms with E-state index in [-0.39, 0.29) is 0 Å².